The number of hydrogen-bond donors (Lipinski definition) is 6. The number of aliphatic hydroxyl groups excluding tert-OH is 3. The predicted molar refractivity (Wildman–Crippen MR) is 119 cm³/mol. The fraction of sp³-hybridized carbons (Fsp3) is 0.348. The third-order valence-corrected chi connectivity index (χ3v) is 5.68. The highest BCUT2D eigenvalue weighted by Gasteiger charge is 2.44. The van der Waals surface area contributed by atoms with E-state index in [9.17, 15) is 35.4 Å². The van der Waals surface area contributed by atoms with Crippen LogP contribution in [0.2, 0.25) is 0 Å². The van der Waals surface area contributed by atoms with Crippen LogP contribution in [0.3, 0.4) is 0 Å². The van der Waals surface area contributed by atoms with Gasteiger partial charge >= 0.3 is 0 Å². The van der Waals surface area contributed by atoms with E-state index in [2.05, 4.69) is 0 Å². The minimum atomic E-state index is -1.75. The zero-order chi connectivity index (χ0) is 25.6. The molecule has 0 amide bonds. The van der Waals surface area contributed by atoms with E-state index in [1.165, 1.54) is 33.3 Å². The monoisotopic (exact) mass is 492 g/mol. The zero-order valence-corrected chi connectivity index (χ0v) is 18.8. The highest BCUT2D eigenvalue weighted by Crippen LogP contribution is 2.44. The van der Waals surface area contributed by atoms with Crippen LogP contribution in [0.25, 0.3) is 22.3 Å². The summed E-state index contributed by atoms with van der Waals surface area (Å²) in [6.07, 6.45) is -7.39. The van der Waals surface area contributed by atoms with Crippen molar-refractivity contribution in [1.82, 2.24) is 0 Å². The van der Waals surface area contributed by atoms with Gasteiger partial charge in [-0.1, -0.05) is 0 Å². The van der Waals surface area contributed by atoms with Crippen LogP contribution in [0.4, 0.5) is 0 Å². The molecule has 6 N–H and O–H groups in total. The Morgan fingerprint density at radius 3 is 2.23 bits per heavy atom. The van der Waals surface area contributed by atoms with Crippen molar-refractivity contribution < 1.29 is 54.0 Å². The summed E-state index contributed by atoms with van der Waals surface area (Å²) in [5.41, 5.74) is -1.05. The van der Waals surface area contributed by atoms with Gasteiger partial charge in [-0.3, -0.25) is 4.79 Å². The molecule has 2 aromatic carbocycles. The average molecular weight is 492 g/mol. The van der Waals surface area contributed by atoms with Crippen molar-refractivity contribution in [1.29, 1.82) is 0 Å². The van der Waals surface area contributed by atoms with E-state index >= 15 is 0 Å². The van der Waals surface area contributed by atoms with Gasteiger partial charge in [0.15, 0.2) is 17.3 Å². The fourth-order valence-corrected chi connectivity index (χ4v) is 3.87. The van der Waals surface area contributed by atoms with Gasteiger partial charge in [-0.05, 0) is 19.1 Å². The molecule has 0 aliphatic carbocycles. The first kappa shape index (κ1) is 24.4. The summed E-state index contributed by atoms with van der Waals surface area (Å²) in [6, 6.07) is 4.59. The molecule has 1 saturated heterocycles. The highest BCUT2D eigenvalue weighted by atomic mass is 16.7. The van der Waals surface area contributed by atoms with Crippen molar-refractivity contribution in [2.75, 3.05) is 14.2 Å². The molecule has 0 spiro atoms. The lowest BCUT2D eigenvalue weighted by Crippen LogP contribution is -2.58. The second-order valence-electron chi connectivity index (χ2n) is 7.96. The highest BCUT2D eigenvalue weighted by molar-refractivity contribution is 5.88. The Morgan fingerprint density at radius 2 is 1.57 bits per heavy atom. The van der Waals surface area contributed by atoms with Crippen LogP contribution in [-0.4, -0.2) is 75.6 Å². The second kappa shape index (κ2) is 9.15. The van der Waals surface area contributed by atoms with Gasteiger partial charge in [0.25, 0.3) is 0 Å². The molecule has 35 heavy (non-hydrogen) atoms. The van der Waals surface area contributed by atoms with E-state index < -0.39 is 47.6 Å². The van der Waals surface area contributed by atoms with Gasteiger partial charge < -0.3 is 54.0 Å². The van der Waals surface area contributed by atoms with E-state index in [1.807, 2.05) is 0 Å². The first-order chi connectivity index (χ1) is 16.6. The number of phenolic OH excluding ortho intramolecular Hbond substituents is 3. The summed E-state index contributed by atoms with van der Waals surface area (Å²) in [7, 11) is 2.64. The van der Waals surface area contributed by atoms with Crippen LogP contribution < -0.4 is 19.6 Å². The Bertz CT molecular complexity index is 1320. The smallest absolute Gasteiger partial charge is 0.239 e. The lowest BCUT2D eigenvalue weighted by molar-refractivity contribution is -0.268. The Kier molecular flexibility index (Phi) is 6.38. The van der Waals surface area contributed by atoms with Gasteiger partial charge in [0, 0.05) is 17.7 Å². The number of fused-ring (bicyclic) bond motifs is 1. The van der Waals surface area contributed by atoms with Crippen molar-refractivity contribution in [2.45, 2.75) is 37.6 Å². The van der Waals surface area contributed by atoms with E-state index in [-0.39, 0.29) is 45.3 Å². The van der Waals surface area contributed by atoms with E-state index in [0.717, 1.165) is 12.1 Å². The number of aliphatic hydroxyl groups is 3. The number of ether oxygens (including phenoxy) is 4. The molecular formula is C23H24O12. The molecule has 0 radical (unpaired) electrons. The van der Waals surface area contributed by atoms with Crippen LogP contribution in [-0.2, 0) is 4.74 Å². The van der Waals surface area contributed by atoms with Crippen LogP contribution in [0, 0.1) is 0 Å². The van der Waals surface area contributed by atoms with Crippen LogP contribution >= 0.6 is 0 Å². The maximum atomic E-state index is 13.4. The van der Waals surface area contributed by atoms with Gasteiger partial charge in [-0.15, -0.1) is 0 Å². The van der Waals surface area contributed by atoms with Crippen molar-refractivity contribution in [2.24, 2.45) is 0 Å². The molecule has 5 atom stereocenters. The van der Waals surface area contributed by atoms with Gasteiger partial charge in [0.2, 0.25) is 23.2 Å². The number of rotatable bonds is 5. The molecule has 3 aromatic rings. The summed E-state index contributed by atoms with van der Waals surface area (Å²) < 4.78 is 27.2. The molecule has 188 valence electrons. The molecule has 0 bridgehead atoms. The molecule has 4 rings (SSSR count). The number of phenols is 3. The SMILES string of the molecule is COc1cc(-c2oc3cc(O)cc(O)c3c(=O)c2O[C@@H]2O[C@@H](C)[C@H](O)[C@@H](O)[C@H]2O)cc(O)c1OC. The largest absolute Gasteiger partial charge is 0.508 e. The summed E-state index contributed by atoms with van der Waals surface area (Å²) in [6.45, 7) is 1.43. The van der Waals surface area contributed by atoms with E-state index in [4.69, 9.17) is 23.4 Å². The number of hydrogen-bond acceptors (Lipinski definition) is 12. The van der Waals surface area contributed by atoms with Crippen molar-refractivity contribution in [3.63, 3.8) is 0 Å². The van der Waals surface area contributed by atoms with E-state index in [0.29, 0.717) is 0 Å². The van der Waals surface area contributed by atoms with E-state index in [1.54, 1.807) is 0 Å². The lowest BCUT2D eigenvalue weighted by Gasteiger charge is -2.38. The van der Waals surface area contributed by atoms with Crippen LogP contribution in [0.1, 0.15) is 6.92 Å². The summed E-state index contributed by atoms with van der Waals surface area (Å²) in [5, 5.41) is 60.7. The summed E-state index contributed by atoms with van der Waals surface area (Å²) >= 11 is 0. The Labute approximate surface area is 197 Å². The first-order valence-corrected chi connectivity index (χ1v) is 10.4. The van der Waals surface area contributed by atoms with Crippen molar-refractivity contribution in [3.8, 4) is 45.8 Å². The third-order valence-electron chi connectivity index (χ3n) is 5.68. The maximum absolute atomic E-state index is 13.4. The quantitative estimate of drug-likeness (QED) is 0.294. The van der Waals surface area contributed by atoms with Crippen LogP contribution in [0.15, 0.2) is 33.5 Å². The summed E-state index contributed by atoms with van der Waals surface area (Å²) in [5.74, 6) is -2.10. The molecule has 0 saturated carbocycles. The minimum Gasteiger partial charge on any atom is -0.508 e. The topological polar surface area (TPSA) is 189 Å². The van der Waals surface area contributed by atoms with Gasteiger partial charge in [-0.2, -0.15) is 0 Å². The van der Waals surface area contributed by atoms with Gasteiger partial charge in [0.05, 0.1) is 20.3 Å². The third kappa shape index (κ3) is 4.17. The first-order valence-electron chi connectivity index (χ1n) is 10.4. The Hall–Kier alpha value is -3.71. The molecule has 1 aromatic heterocycles. The molecule has 1 aliphatic heterocycles. The molecule has 12 heteroatoms. The standard InChI is InChI=1S/C23H24O12/c1-8-16(27)18(29)19(30)23(33-8)35-22-17(28)15-11(25)6-10(24)7-13(15)34-20(22)9-4-12(26)21(32-3)14(5-9)31-2/h4-8,16,18-19,23-27,29-30H,1-3H3/t8-,16-,18+,19+,23-/m0/s1. The number of aromatic hydroxyl groups is 3. The lowest BCUT2D eigenvalue weighted by atomic mass is 10.00. The van der Waals surface area contributed by atoms with Crippen molar-refractivity contribution >= 4 is 11.0 Å². The Balaban J connectivity index is 1.96. The molecule has 12 nitrogen and oxygen atoms in total. The average Bonchev–Trinajstić information content (AvgIpc) is 2.81. The maximum Gasteiger partial charge on any atom is 0.239 e. The molecular weight excluding hydrogens is 468 g/mol. The Morgan fingerprint density at radius 1 is 0.857 bits per heavy atom. The molecule has 0 unspecified atom stereocenters. The van der Waals surface area contributed by atoms with Crippen molar-refractivity contribution in [3.05, 3.63) is 34.5 Å². The second-order valence-corrected chi connectivity index (χ2v) is 7.96. The number of benzene rings is 2. The van der Waals surface area contributed by atoms with Crippen LogP contribution in [0.5, 0.6) is 34.5 Å². The summed E-state index contributed by atoms with van der Waals surface area (Å²) in [4.78, 5) is 13.4. The zero-order valence-electron chi connectivity index (χ0n) is 18.8. The minimum absolute atomic E-state index is 0.00844. The van der Waals surface area contributed by atoms with Gasteiger partial charge in [-0.25, -0.2) is 0 Å². The molecule has 2 heterocycles. The fourth-order valence-electron chi connectivity index (χ4n) is 3.87. The predicted octanol–water partition coefficient (Wildman–Crippen LogP) is 0.800. The van der Waals surface area contributed by atoms with Gasteiger partial charge in [0.1, 0.15) is 40.8 Å². The normalized spacial score (nSPS) is 24.3. The molecule has 1 aliphatic rings. The number of methoxy groups -OCH3 is 2. The molecule has 1 fully saturated rings.